The van der Waals surface area contributed by atoms with Crippen molar-refractivity contribution in [1.29, 1.82) is 0 Å². The van der Waals surface area contributed by atoms with E-state index in [0.29, 0.717) is 18.6 Å². The third kappa shape index (κ3) is 2.93. The summed E-state index contributed by atoms with van der Waals surface area (Å²) in [5, 5.41) is 7.32. The standard InChI is InChI=1S/C19H23NO3S/c1-5-23-18(22)15-11(2)20-13-8-19(3,4)9-14(21)17(13)16(15)12-6-7-24-10-12/h6-7,10,16,20H,5,8-9H2,1-4H3/t16-/m1/s1. The van der Waals surface area contributed by atoms with Gasteiger partial charge in [0.05, 0.1) is 12.2 Å². The van der Waals surface area contributed by atoms with Gasteiger partial charge in [0.15, 0.2) is 5.78 Å². The summed E-state index contributed by atoms with van der Waals surface area (Å²) in [5.74, 6) is -0.544. The minimum Gasteiger partial charge on any atom is -0.463 e. The van der Waals surface area contributed by atoms with Gasteiger partial charge in [0, 0.05) is 29.3 Å². The van der Waals surface area contributed by atoms with Gasteiger partial charge in [-0.15, -0.1) is 0 Å². The molecule has 0 radical (unpaired) electrons. The first kappa shape index (κ1) is 17.0. The quantitative estimate of drug-likeness (QED) is 0.844. The van der Waals surface area contributed by atoms with Crippen molar-refractivity contribution in [3.05, 3.63) is 44.9 Å². The van der Waals surface area contributed by atoms with Crippen molar-refractivity contribution in [2.24, 2.45) is 5.41 Å². The van der Waals surface area contributed by atoms with E-state index in [0.717, 1.165) is 29.0 Å². The summed E-state index contributed by atoms with van der Waals surface area (Å²) in [7, 11) is 0. The molecule has 2 heterocycles. The van der Waals surface area contributed by atoms with Gasteiger partial charge in [0.2, 0.25) is 0 Å². The van der Waals surface area contributed by atoms with Gasteiger partial charge in [-0.25, -0.2) is 4.79 Å². The van der Waals surface area contributed by atoms with E-state index in [-0.39, 0.29) is 23.1 Å². The largest absolute Gasteiger partial charge is 0.463 e. The van der Waals surface area contributed by atoms with E-state index in [1.54, 1.807) is 18.3 Å². The maximum atomic E-state index is 12.9. The number of rotatable bonds is 3. The molecule has 128 valence electrons. The molecular weight excluding hydrogens is 322 g/mol. The van der Waals surface area contributed by atoms with Gasteiger partial charge in [-0.2, -0.15) is 11.3 Å². The molecule has 1 atom stereocenters. The maximum absolute atomic E-state index is 12.9. The van der Waals surface area contributed by atoms with Crippen molar-refractivity contribution in [3.8, 4) is 0 Å². The Kier molecular flexibility index (Phi) is 4.38. The van der Waals surface area contributed by atoms with E-state index < -0.39 is 0 Å². The van der Waals surface area contributed by atoms with Crippen LogP contribution >= 0.6 is 11.3 Å². The zero-order valence-electron chi connectivity index (χ0n) is 14.6. The lowest BCUT2D eigenvalue weighted by Gasteiger charge is -2.39. The second-order valence-corrected chi connectivity index (χ2v) is 7.99. The molecule has 0 saturated carbocycles. The summed E-state index contributed by atoms with van der Waals surface area (Å²) in [6.45, 7) is 8.22. The number of Topliss-reactive ketones (excluding diaryl/α,β-unsaturated/α-hetero) is 1. The van der Waals surface area contributed by atoms with Crippen LogP contribution in [0, 0.1) is 5.41 Å². The molecule has 0 amide bonds. The van der Waals surface area contributed by atoms with Crippen LogP contribution in [0.4, 0.5) is 0 Å². The zero-order valence-corrected chi connectivity index (χ0v) is 15.4. The molecule has 0 unspecified atom stereocenters. The lowest BCUT2D eigenvalue weighted by Crippen LogP contribution is -2.38. The summed E-state index contributed by atoms with van der Waals surface area (Å²) < 4.78 is 5.27. The van der Waals surface area contributed by atoms with E-state index in [2.05, 4.69) is 19.2 Å². The minimum absolute atomic E-state index is 0.0657. The third-order valence-corrected chi connectivity index (χ3v) is 5.31. The first-order valence-electron chi connectivity index (χ1n) is 8.27. The molecule has 2 aliphatic rings. The Labute approximate surface area is 146 Å². The van der Waals surface area contributed by atoms with Crippen LogP contribution in [0.15, 0.2) is 39.4 Å². The van der Waals surface area contributed by atoms with E-state index in [1.807, 2.05) is 23.8 Å². The third-order valence-electron chi connectivity index (χ3n) is 4.61. The lowest BCUT2D eigenvalue weighted by molar-refractivity contribution is -0.138. The number of ketones is 1. The summed E-state index contributed by atoms with van der Waals surface area (Å²) in [4.78, 5) is 25.5. The fourth-order valence-corrected chi connectivity index (χ4v) is 4.37. The number of nitrogens with one attached hydrogen (secondary N) is 1. The average Bonchev–Trinajstić information content (AvgIpc) is 2.98. The molecule has 1 aliphatic heterocycles. The number of thiophene rings is 1. The van der Waals surface area contributed by atoms with Gasteiger partial charge < -0.3 is 10.1 Å². The highest BCUT2D eigenvalue weighted by Crippen LogP contribution is 2.47. The Morgan fingerprint density at radius 2 is 2.17 bits per heavy atom. The van der Waals surface area contributed by atoms with Crippen molar-refractivity contribution in [3.63, 3.8) is 0 Å². The summed E-state index contributed by atoms with van der Waals surface area (Å²) in [6, 6.07) is 1.99. The molecule has 1 aromatic heterocycles. The molecule has 0 spiro atoms. The van der Waals surface area contributed by atoms with Crippen molar-refractivity contribution in [2.75, 3.05) is 6.61 Å². The Morgan fingerprint density at radius 3 is 2.79 bits per heavy atom. The normalized spacial score (nSPS) is 23.0. The molecule has 0 aromatic carbocycles. The van der Waals surface area contributed by atoms with Crippen LogP contribution in [0.25, 0.3) is 0 Å². The van der Waals surface area contributed by atoms with E-state index >= 15 is 0 Å². The molecule has 0 bridgehead atoms. The SMILES string of the molecule is CCOC(=O)C1=C(C)NC2=C(C(=O)CC(C)(C)C2)[C@@H]1c1ccsc1. The molecule has 1 aliphatic carbocycles. The summed E-state index contributed by atoms with van der Waals surface area (Å²) in [5.41, 5.74) is 3.96. The first-order chi connectivity index (χ1) is 11.3. The number of esters is 1. The highest BCUT2D eigenvalue weighted by atomic mass is 32.1. The Bertz CT molecular complexity index is 741. The number of hydrogen-bond acceptors (Lipinski definition) is 5. The maximum Gasteiger partial charge on any atom is 0.336 e. The van der Waals surface area contributed by atoms with Crippen LogP contribution in [0.3, 0.4) is 0 Å². The minimum atomic E-state index is -0.345. The van der Waals surface area contributed by atoms with Gasteiger partial charge >= 0.3 is 5.97 Å². The van der Waals surface area contributed by atoms with Crippen molar-refractivity contribution >= 4 is 23.1 Å². The number of carbonyl (C=O) groups is 2. The number of hydrogen-bond donors (Lipinski definition) is 1. The van der Waals surface area contributed by atoms with E-state index in [1.165, 1.54) is 0 Å². The fraction of sp³-hybridized carbons (Fsp3) is 0.474. The molecule has 1 N–H and O–H groups in total. The monoisotopic (exact) mass is 345 g/mol. The molecule has 3 rings (SSSR count). The van der Waals surface area contributed by atoms with Crippen LogP contribution in [0.5, 0.6) is 0 Å². The molecule has 24 heavy (non-hydrogen) atoms. The van der Waals surface area contributed by atoms with E-state index in [4.69, 9.17) is 4.74 Å². The number of allylic oxidation sites excluding steroid dienone is 3. The van der Waals surface area contributed by atoms with Crippen LogP contribution < -0.4 is 5.32 Å². The molecule has 0 fully saturated rings. The van der Waals surface area contributed by atoms with E-state index in [9.17, 15) is 9.59 Å². The van der Waals surface area contributed by atoms with Crippen LogP contribution in [-0.4, -0.2) is 18.4 Å². The van der Waals surface area contributed by atoms with Crippen molar-refractivity contribution in [2.45, 2.75) is 46.5 Å². The zero-order chi connectivity index (χ0) is 17.5. The van der Waals surface area contributed by atoms with Crippen LogP contribution in [0.1, 0.15) is 52.0 Å². The number of dihydropyridines is 1. The number of carbonyl (C=O) groups excluding carboxylic acids is 2. The smallest absolute Gasteiger partial charge is 0.336 e. The predicted molar refractivity (Wildman–Crippen MR) is 94.6 cm³/mol. The second-order valence-electron chi connectivity index (χ2n) is 7.21. The number of ether oxygens (including phenoxy) is 1. The Balaban J connectivity index is 2.14. The van der Waals surface area contributed by atoms with Gasteiger partial charge in [0.1, 0.15) is 0 Å². The lowest BCUT2D eigenvalue weighted by atomic mass is 9.69. The summed E-state index contributed by atoms with van der Waals surface area (Å²) in [6.07, 6.45) is 1.31. The Morgan fingerprint density at radius 1 is 1.42 bits per heavy atom. The highest BCUT2D eigenvalue weighted by molar-refractivity contribution is 7.08. The van der Waals surface area contributed by atoms with Crippen molar-refractivity contribution in [1.82, 2.24) is 5.32 Å². The molecule has 5 heteroatoms. The predicted octanol–water partition coefficient (Wildman–Crippen LogP) is 3.92. The highest BCUT2D eigenvalue weighted by Gasteiger charge is 2.43. The van der Waals surface area contributed by atoms with Crippen molar-refractivity contribution < 1.29 is 14.3 Å². The topological polar surface area (TPSA) is 55.4 Å². The molecule has 0 saturated heterocycles. The molecule has 4 nitrogen and oxygen atoms in total. The molecular formula is C19H23NO3S. The molecule has 1 aromatic rings. The van der Waals surface area contributed by atoms with Crippen LogP contribution in [0.2, 0.25) is 0 Å². The average molecular weight is 345 g/mol. The Hall–Kier alpha value is -1.88. The second kappa shape index (κ2) is 6.20. The van der Waals surface area contributed by atoms with Gasteiger partial charge in [0.25, 0.3) is 0 Å². The van der Waals surface area contributed by atoms with Gasteiger partial charge in [-0.3, -0.25) is 4.79 Å². The van der Waals surface area contributed by atoms with Gasteiger partial charge in [-0.05, 0) is 48.1 Å². The summed E-state index contributed by atoms with van der Waals surface area (Å²) >= 11 is 1.57. The van der Waals surface area contributed by atoms with Gasteiger partial charge in [-0.1, -0.05) is 13.8 Å². The fourth-order valence-electron chi connectivity index (χ4n) is 3.69. The first-order valence-corrected chi connectivity index (χ1v) is 9.21. The van der Waals surface area contributed by atoms with Crippen LogP contribution in [-0.2, 0) is 14.3 Å².